The minimum absolute atomic E-state index is 0.0289. The van der Waals surface area contributed by atoms with Crippen molar-refractivity contribution in [1.82, 2.24) is 9.80 Å². The van der Waals surface area contributed by atoms with Gasteiger partial charge in [0.15, 0.2) is 6.61 Å². The first-order valence-electron chi connectivity index (χ1n) is 11.4. The zero-order chi connectivity index (χ0) is 24.3. The van der Waals surface area contributed by atoms with Crippen molar-refractivity contribution in [2.45, 2.75) is 59.2 Å². The summed E-state index contributed by atoms with van der Waals surface area (Å²) in [5.74, 6) is -1.14. The van der Waals surface area contributed by atoms with Gasteiger partial charge in [-0.25, -0.2) is 9.18 Å². The van der Waals surface area contributed by atoms with E-state index in [9.17, 15) is 19.1 Å². The summed E-state index contributed by atoms with van der Waals surface area (Å²) in [4.78, 5) is 29.0. The largest absolute Gasteiger partial charge is 0.483 e. The predicted molar refractivity (Wildman–Crippen MR) is 125 cm³/mol. The Kier molecular flexibility index (Phi) is 7.74. The lowest BCUT2D eigenvalue weighted by Crippen LogP contribution is -2.58. The highest BCUT2D eigenvalue weighted by molar-refractivity contribution is 5.93. The van der Waals surface area contributed by atoms with Gasteiger partial charge in [-0.05, 0) is 55.5 Å². The second kappa shape index (κ2) is 10.3. The molecule has 1 amide bonds. The molecule has 33 heavy (non-hydrogen) atoms. The Balaban J connectivity index is 1.69. The summed E-state index contributed by atoms with van der Waals surface area (Å²) >= 11 is 0. The van der Waals surface area contributed by atoms with Crippen LogP contribution in [-0.2, 0) is 11.3 Å². The fourth-order valence-electron chi connectivity index (χ4n) is 4.38. The quantitative estimate of drug-likeness (QED) is 0.666. The molecule has 0 aliphatic carbocycles. The molecule has 0 spiro atoms. The molecule has 2 aromatic carbocycles. The SMILES string of the molecule is Cc1ccc(C(C)C)c(OCC(=O)N2C[C@@H](C)N(Cc3ccc(F)cc3)C[C@@H]2C)c1C(=O)O. The Labute approximate surface area is 195 Å². The lowest BCUT2D eigenvalue weighted by molar-refractivity contribution is -0.139. The molecule has 1 N–H and O–H groups in total. The predicted octanol–water partition coefficient (Wildman–Crippen LogP) is 4.46. The molecule has 1 heterocycles. The molecular weight excluding hydrogens is 423 g/mol. The molecule has 1 saturated heterocycles. The average molecular weight is 457 g/mol. The van der Waals surface area contributed by atoms with Crippen LogP contribution in [0.25, 0.3) is 0 Å². The van der Waals surface area contributed by atoms with E-state index < -0.39 is 5.97 Å². The Morgan fingerprint density at radius 1 is 1.09 bits per heavy atom. The number of piperazine rings is 1. The lowest BCUT2D eigenvalue weighted by Gasteiger charge is -2.44. The molecule has 7 heteroatoms. The summed E-state index contributed by atoms with van der Waals surface area (Å²) in [6, 6.07) is 10.2. The van der Waals surface area contributed by atoms with Gasteiger partial charge in [0, 0.05) is 31.7 Å². The highest BCUT2D eigenvalue weighted by Gasteiger charge is 2.32. The number of carboxylic acid groups (broad SMARTS) is 1. The number of carboxylic acids is 1. The molecule has 1 fully saturated rings. The van der Waals surface area contributed by atoms with Crippen LogP contribution in [0.5, 0.6) is 5.75 Å². The molecule has 6 nitrogen and oxygen atoms in total. The van der Waals surface area contributed by atoms with Crippen molar-refractivity contribution in [3.05, 3.63) is 64.5 Å². The highest BCUT2D eigenvalue weighted by Crippen LogP contribution is 2.33. The fraction of sp³-hybridized carbons (Fsp3) is 0.462. The standard InChI is InChI=1S/C26H33FN2O4/c1-16(2)22-11-6-17(3)24(26(31)32)25(22)33-15-23(30)29-13-18(4)28(12-19(29)5)14-20-7-9-21(27)10-8-20/h6-11,16,18-19H,12-15H2,1-5H3,(H,31,32)/t18-,19+/m1/s1. The molecule has 3 rings (SSSR count). The zero-order valence-corrected chi connectivity index (χ0v) is 20.0. The van der Waals surface area contributed by atoms with Gasteiger partial charge in [0.05, 0.1) is 0 Å². The minimum Gasteiger partial charge on any atom is -0.483 e. The molecule has 0 aromatic heterocycles. The second-order valence-electron chi connectivity index (χ2n) is 9.22. The van der Waals surface area contributed by atoms with Crippen LogP contribution in [0.15, 0.2) is 36.4 Å². The van der Waals surface area contributed by atoms with Crippen LogP contribution in [0.1, 0.15) is 60.7 Å². The van der Waals surface area contributed by atoms with Crippen LogP contribution in [0.3, 0.4) is 0 Å². The fourth-order valence-corrected chi connectivity index (χ4v) is 4.38. The van der Waals surface area contributed by atoms with Crippen molar-refractivity contribution < 1.29 is 23.8 Å². The molecule has 1 aliphatic rings. The van der Waals surface area contributed by atoms with Crippen LogP contribution in [0, 0.1) is 12.7 Å². The monoisotopic (exact) mass is 456 g/mol. The third-order valence-electron chi connectivity index (χ3n) is 6.31. The van der Waals surface area contributed by atoms with Gasteiger partial charge < -0.3 is 14.7 Å². The van der Waals surface area contributed by atoms with Gasteiger partial charge in [-0.1, -0.05) is 38.1 Å². The zero-order valence-electron chi connectivity index (χ0n) is 20.0. The maximum absolute atomic E-state index is 13.2. The Hall–Kier alpha value is -2.93. The van der Waals surface area contributed by atoms with Crippen molar-refractivity contribution in [2.75, 3.05) is 19.7 Å². The number of benzene rings is 2. The minimum atomic E-state index is -1.06. The van der Waals surface area contributed by atoms with E-state index in [0.717, 1.165) is 11.1 Å². The third kappa shape index (κ3) is 5.71. The topological polar surface area (TPSA) is 70.1 Å². The molecule has 2 atom stereocenters. The van der Waals surface area contributed by atoms with Gasteiger partial charge in [-0.3, -0.25) is 9.69 Å². The van der Waals surface area contributed by atoms with Gasteiger partial charge >= 0.3 is 5.97 Å². The number of carbonyl (C=O) groups excluding carboxylic acids is 1. The van der Waals surface area contributed by atoms with Gasteiger partial charge in [0.1, 0.15) is 17.1 Å². The van der Waals surface area contributed by atoms with Crippen LogP contribution in [0.4, 0.5) is 4.39 Å². The summed E-state index contributed by atoms with van der Waals surface area (Å²) < 4.78 is 19.1. The van der Waals surface area contributed by atoms with Crippen LogP contribution in [-0.4, -0.2) is 58.6 Å². The number of rotatable bonds is 7. The first-order chi connectivity index (χ1) is 15.6. The van der Waals surface area contributed by atoms with Gasteiger partial charge in [-0.15, -0.1) is 0 Å². The van der Waals surface area contributed by atoms with Crippen molar-refractivity contribution in [2.24, 2.45) is 0 Å². The van der Waals surface area contributed by atoms with Crippen molar-refractivity contribution >= 4 is 11.9 Å². The Bertz CT molecular complexity index is 1010. The van der Waals surface area contributed by atoms with Gasteiger partial charge in [0.2, 0.25) is 0 Å². The number of aryl methyl sites for hydroxylation is 1. The summed E-state index contributed by atoms with van der Waals surface area (Å²) in [6.07, 6.45) is 0. The summed E-state index contributed by atoms with van der Waals surface area (Å²) in [7, 11) is 0. The molecule has 2 aromatic rings. The summed E-state index contributed by atoms with van der Waals surface area (Å²) in [5.41, 5.74) is 2.52. The number of amides is 1. The number of ether oxygens (including phenoxy) is 1. The first kappa shape index (κ1) is 24.7. The van der Waals surface area contributed by atoms with E-state index in [0.29, 0.717) is 25.2 Å². The van der Waals surface area contributed by atoms with Crippen LogP contribution in [0.2, 0.25) is 0 Å². The van der Waals surface area contributed by atoms with Crippen molar-refractivity contribution in [3.63, 3.8) is 0 Å². The van der Waals surface area contributed by atoms with E-state index in [2.05, 4.69) is 11.8 Å². The molecular formula is C26H33FN2O4. The number of nitrogens with zero attached hydrogens (tertiary/aromatic N) is 2. The number of hydrogen-bond donors (Lipinski definition) is 1. The van der Waals surface area contributed by atoms with Gasteiger partial charge in [0.25, 0.3) is 5.91 Å². The second-order valence-corrected chi connectivity index (χ2v) is 9.22. The molecule has 0 bridgehead atoms. The number of halogens is 1. The van der Waals surface area contributed by atoms with Crippen LogP contribution >= 0.6 is 0 Å². The number of aromatic carboxylic acids is 1. The van der Waals surface area contributed by atoms with Crippen molar-refractivity contribution in [1.29, 1.82) is 0 Å². The average Bonchev–Trinajstić information content (AvgIpc) is 2.75. The van der Waals surface area contributed by atoms with Crippen molar-refractivity contribution in [3.8, 4) is 5.75 Å². The van der Waals surface area contributed by atoms with E-state index in [1.54, 1.807) is 30.0 Å². The molecule has 0 unspecified atom stereocenters. The highest BCUT2D eigenvalue weighted by atomic mass is 19.1. The summed E-state index contributed by atoms with van der Waals surface area (Å²) in [5, 5.41) is 9.71. The van der Waals surface area contributed by atoms with E-state index in [1.165, 1.54) is 12.1 Å². The number of carbonyl (C=O) groups is 2. The molecule has 0 radical (unpaired) electrons. The maximum Gasteiger partial charge on any atom is 0.339 e. The molecule has 178 valence electrons. The Morgan fingerprint density at radius 2 is 1.76 bits per heavy atom. The summed E-state index contributed by atoms with van der Waals surface area (Å²) in [6.45, 7) is 11.4. The molecule has 0 saturated carbocycles. The molecule has 1 aliphatic heterocycles. The first-order valence-corrected chi connectivity index (χ1v) is 11.4. The third-order valence-corrected chi connectivity index (χ3v) is 6.31. The normalized spacial score (nSPS) is 19.1. The van der Waals surface area contributed by atoms with Gasteiger partial charge in [-0.2, -0.15) is 0 Å². The number of hydrogen-bond acceptors (Lipinski definition) is 4. The van der Waals surface area contributed by atoms with E-state index in [4.69, 9.17) is 4.74 Å². The van der Waals surface area contributed by atoms with E-state index >= 15 is 0 Å². The Morgan fingerprint density at radius 3 is 2.36 bits per heavy atom. The maximum atomic E-state index is 13.2. The van der Waals surface area contributed by atoms with E-state index in [-0.39, 0.29) is 47.6 Å². The smallest absolute Gasteiger partial charge is 0.339 e. The lowest BCUT2D eigenvalue weighted by atomic mass is 9.96. The van der Waals surface area contributed by atoms with Crippen LogP contribution < -0.4 is 4.74 Å². The van der Waals surface area contributed by atoms with E-state index in [1.807, 2.05) is 26.8 Å².